The summed E-state index contributed by atoms with van der Waals surface area (Å²) < 4.78 is 0. The van der Waals surface area contributed by atoms with Crippen LogP contribution in [0.15, 0.2) is 24.3 Å². The number of rotatable bonds is 8. The van der Waals surface area contributed by atoms with Gasteiger partial charge in [0, 0.05) is 13.0 Å². The summed E-state index contributed by atoms with van der Waals surface area (Å²) >= 11 is 0. The van der Waals surface area contributed by atoms with Crippen molar-refractivity contribution in [1.82, 2.24) is 10.6 Å². The number of aromatic hydroxyl groups is 1. The first-order chi connectivity index (χ1) is 10.1. The first-order valence-electron chi connectivity index (χ1n) is 7.11. The number of nitrogens with one attached hydrogen (secondary N) is 2. The van der Waals surface area contributed by atoms with Crippen molar-refractivity contribution in [3.8, 4) is 5.75 Å². The number of phenols is 1. The van der Waals surface area contributed by atoms with E-state index in [4.69, 9.17) is 5.73 Å². The van der Waals surface area contributed by atoms with Gasteiger partial charge in [0.15, 0.2) is 0 Å². The van der Waals surface area contributed by atoms with Crippen LogP contribution in [0.3, 0.4) is 0 Å². The molecule has 1 aromatic rings. The number of benzene rings is 1. The van der Waals surface area contributed by atoms with Gasteiger partial charge in [-0.25, -0.2) is 0 Å². The number of nitrogens with two attached hydrogens (primary N) is 1. The molecule has 0 radical (unpaired) electrons. The SMILES string of the molecule is CCCCNC(=O)[C@H](Cc1ccc(O)cc1)NC(=O)CN. The van der Waals surface area contributed by atoms with Gasteiger partial charge in [-0.05, 0) is 24.1 Å². The van der Waals surface area contributed by atoms with Crippen molar-refractivity contribution in [2.24, 2.45) is 5.73 Å². The highest BCUT2D eigenvalue weighted by Crippen LogP contribution is 2.11. The molecule has 0 aromatic heterocycles. The highest BCUT2D eigenvalue weighted by Gasteiger charge is 2.20. The van der Waals surface area contributed by atoms with Crippen molar-refractivity contribution in [3.05, 3.63) is 29.8 Å². The molecule has 0 saturated heterocycles. The Morgan fingerprint density at radius 1 is 1.29 bits per heavy atom. The van der Waals surface area contributed by atoms with E-state index in [1.54, 1.807) is 24.3 Å². The quantitative estimate of drug-likeness (QED) is 0.517. The largest absolute Gasteiger partial charge is 0.508 e. The zero-order chi connectivity index (χ0) is 15.7. The van der Waals surface area contributed by atoms with Gasteiger partial charge in [-0.2, -0.15) is 0 Å². The number of carbonyl (C=O) groups is 2. The zero-order valence-corrected chi connectivity index (χ0v) is 12.3. The van der Waals surface area contributed by atoms with E-state index in [1.807, 2.05) is 6.92 Å². The topological polar surface area (TPSA) is 104 Å². The predicted molar refractivity (Wildman–Crippen MR) is 80.7 cm³/mol. The Hall–Kier alpha value is -2.08. The van der Waals surface area contributed by atoms with E-state index in [2.05, 4.69) is 10.6 Å². The number of amides is 2. The van der Waals surface area contributed by atoms with E-state index < -0.39 is 6.04 Å². The summed E-state index contributed by atoms with van der Waals surface area (Å²) in [5.74, 6) is -0.434. The van der Waals surface area contributed by atoms with Gasteiger partial charge in [0.05, 0.1) is 6.54 Å². The van der Waals surface area contributed by atoms with E-state index in [0.717, 1.165) is 18.4 Å². The minimum atomic E-state index is -0.664. The van der Waals surface area contributed by atoms with Crippen LogP contribution in [-0.4, -0.2) is 36.1 Å². The molecule has 0 aliphatic heterocycles. The Labute approximate surface area is 124 Å². The second-order valence-corrected chi connectivity index (χ2v) is 4.84. The average Bonchev–Trinajstić information content (AvgIpc) is 2.48. The molecule has 1 aromatic carbocycles. The van der Waals surface area contributed by atoms with Gasteiger partial charge in [0.2, 0.25) is 11.8 Å². The van der Waals surface area contributed by atoms with Gasteiger partial charge in [-0.3, -0.25) is 9.59 Å². The molecule has 0 spiro atoms. The summed E-state index contributed by atoms with van der Waals surface area (Å²) in [7, 11) is 0. The van der Waals surface area contributed by atoms with Crippen molar-refractivity contribution in [3.63, 3.8) is 0 Å². The molecule has 1 rings (SSSR count). The molecular formula is C15H23N3O3. The maximum atomic E-state index is 12.1. The Morgan fingerprint density at radius 3 is 2.52 bits per heavy atom. The van der Waals surface area contributed by atoms with Crippen LogP contribution in [0.5, 0.6) is 5.75 Å². The fourth-order valence-electron chi connectivity index (χ4n) is 1.84. The maximum Gasteiger partial charge on any atom is 0.242 e. The van der Waals surface area contributed by atoms with Gasteiger partial charge in [-0.1, -0.05) is 25.5 Å². The minimum Gasteiger partial charge on any atom is -0.508 e. The van der Waals surface area contributed by atoms with Crippen LogP contribution in [0.1, 0.15) is 25.3 Å². The molecule has 0 heterocycles. The monoisotopic (exact) mass is 293 g/mol. The van der Waals surface area contributed by atoms with Crippen LogP contribution >= 0.6 is 0 Å². The van der Waals surface area contributed by atoms with Crippen LogP contribution in [0.25, 0.3) is 0 Å². The summed E-state index contributed by atoms with van der Waals surface area (Å²) in [4.78, 5) is 23.6. The Kier molecular flexibility index (Phi) is 7.25. The summed E-state index contributed by atoms with van der Waals surface area (Å²) in [6.07, 6.45) is 2.23. The third kappa shape index (κ3) is 6.27. The second-order valence-electron chi connectivity index (χ2n) is 4.84. The van der Waals surface area contributed by atoms with Crippen LogP contribution in [0.2, 0.25) is 0 Å². The number of phenolic OH excluding ortho intramolecular Hbond substituents is 1. The van der Waals surface area contributed by atoms with Crippen molar-refractivity contribution < 1.29 is 14.7 Å². The minimum absolute atomic E-state index is 0.158. The van der Waals surface area contributed by atoms with Crippen LogP contribution in [0.4, 0.5) is 0 Å². The summed E-state index contributed by atoms with van der Waals surface area (Å²) in [6, 6.07) is 5.87. The smallest absolute Gasteiger partial charge is 0.242 e. The maximum absolute atomic E-state index is 12.1. The van der Waals surface area contributed by atoms with Gasteiger partial charge in [-0.15, -0.1) is 0 Å². The Morgan fingerprint density at radius 2 is 1.95 bits per heavy atom. The number of hydrogen-bond acceptors (Lipinski definition) is 4. The Balaban J connectivity index is 2.69. The lowest BCUT2D eigenvalue weighted by molar-refractivity contribution is -0.128. The molecule has 6 nitrogen and oxygen atoms in total. The summed E-state index contributed by atoms with van der Waals surface area (Å²) in [6.45, 7) is 2.46. The van der Waals surface area contributed by atoms with Crippen molar-refractivity contribution >= 4 is 11.8 Å². The van der Waals surface area contributed by atoms with E-state index in [9.17, 15) is 14.7 Å². The highest BCUT2D eigenvalue weighted by molar-refractivity contribution is 5.88. The second kappa shape index (κ2) is 8.97. The molecule has 0 saturated carbocycles. The number of unbranched alkanes of at least 4 members (excludes halogenated alkanes) is 1. The molecule has 0 aliphatic carbocycles. The standard InChI is InChI=1S/C15H23N3O3/c1-2-3-8-17-15(21)13(18-14(20)10-16)9-11-4-6-12(19)7-5-11/h4-7,13,19H,2-3,8-10,16H2,1H3,(H,17,21)(H,18,20)/t13-/m0/s1. The lowest BCUT2D eigenvalue weighted by atomic mass is 10.0. The van der Waals surface area contributed by atoms with Gasteiger partial charge in [0.1, 0.15) is 11.8 Å². The van der Waals surface area contributed by atoms with E-state index >= 15 is 0 Å². The van der Waals surface area contributed by atoms with Crippen LogP contribution < -0.4 is 16.4 Å². The molecule has 0 bridgehead atoms. The molecule has 2 amide bonds. The molecule has 0 fully saturated rings. The van der Waals surface area contributed by atoms with Crippen molar-refractivity contribution in [2.45, 2.75) is 32.2 Å². The number of hydrogen-bond donors (Lipinski definition) is 4. The van der Waals surface area contributed by atoms with Gasteiger partial charge >= 0.3 is 0 Å². The van der Waals surface area contributed by atoms with Gasteiger partial charge < -0.3 is 21.5 Å². The third-order valence-electron chi connectivity index (χ3n) is 3.04. The molecule has 0 aliphatic rings. The molecule has 116 valence electrons. The van der Waals surface area contributed by atoms with E-state index in [0.29, 0.717) is 13.0 Å². The fourth-order valence-corrected chi connectivity index (χ4v) is 1.84. The Bertz CT molecular complexity index is 460. The summed E-state index contributed by atoms with van der Waals surface area (Å²) in [5, 5.41) is 14.7. The first-order valence-corrected chi connectivity index (χ1v) is 7.11. The van der Waals surface area contributed by atoms with E-state index in [-0.39, 0.29) is 24.1 Å². The molecule has 1 atom stereocenters. The lowest BCUT2D eigenvalue weighted by Crippen LogP contribution is -2.49. The third-order valence-corrected chi connectivity index (χ3v) is 3.04. The summed E-state index contributed by atoms with van der Waals surface area (Å²) in [5.41, 5.74) is 6.13. The lowest BCUT2D eigenvalue weighted by Gasteiger charge is -2.18. The zero-order valence-electron chi connectivity index (χ0n) is 12.3. The highest BCUT2D eigenvalue weighted by atomic mass is 16.3. The number of carbonyl (C=O) groups excluding carboxylic acids is 2. The molecular weight excluding hydrogens is 270 g/mol. The molecule has 5 N–H and O–H groups in total. The normalized spacial score (nSPS) is 11.7. The van der Waals surface area contributed by atoms with E-state index in [1.165, 1.54) is 0 Å². The molecule has 6 heteroatoms. The average molecular weight is 293 g/mol. The molecule has 0 unspecified atom stereocenters. The van der Waals surface area contributed by atoms with Crippen molar-refractivity contribution in [2.75, 3.05) is 13.1 Å². The van der Waals surface area contributed by atoms with Crippen LogP contribution in [0, 0.1) is 0 Å². The molecule has 21 heavy (non-hydrogen) atoms. The van der Waals surface area contributed by atoms with Crippen LogP contribution in [-0.2, 0) is 16.0 Å². The fraction of sp³-hybridized carbons (Fsp3) is 0.467. The van der Waals surface area contributed by atoms with Crippen molar-refractivity contribution in [1.29, 1.82) is 0 Å². The van der Waals surface area contributed by atoms with Gasteiger partial charge in [0.25, 0.3) is 0 Å². The first kappa shape index (κ1) is 17.0. The predicted octanol–water partition coefficient (Wildman–Crippen LogP) is 0.295.